The van der Waals surface area contributed by atoms with E-state index in [2.05, 4.69) is 0 Å². The van der Waals surface area contributed by atoms with Crippen molar-refractivity contribution in [1.29, 1.82) is 0 Å². The third-order valence-electron chi connectivity index (χ3n) is 4.03. The normalized spacial score (nSPS) is 17.5. The molecule has 9 heteroatoms. The van der Waals surface area contributed by atoms with E-state index in [9.17, 15) is 16.8 Å². The van der Waals surface area contributed by atoms with Crippen molar-refractivity contribution in [1.82, 2.24) is 8.61 Å². The number of halogens is 1. The predicted octanol–water partition coefficient (Wildman–Crippen LogP) is 2.04. The topological polar surface area (TPSA) is 74.8 Å². The summed E-state index contributed by atoms with van der Waals surface area (Å²) in [6.07, 6.45) is 0. The summed E-state index contributed by atoms with van der Waals surface area (Å²) in [5.41, 5.74) is 0. The van der Waals surface area contributed by atoms with Crippen molar-refractivity contribution in [3.8, 4) is 0 Å². The van der Waals surface area contributed by atoms with Gasteiger partial charge in [0.1, 0.15) is 4.90 Å². The third-order valence-corrected chi connectivity index (χ3v) is 8.34. The summed E-state index contributed by atoms with van der Waals surface area (Å²) in [4.78, 5) is 0.244. The summed E-state index contributed by atoms with van der Waals surface area (Å²) >= 11 is 6.00. The molecule has 25 heavy (non-hydrogen) atoms. The Balaban J connectivity index is 1.77. The first kappa shape index (κ1) is 18.3. The Morgan fingerprint density at radius 3 is 1.72 bits per heavy atom. The molecular formula is C16H17ClN2O4S2. The molecule has 2 aromatic rings. The van der Waals surface area contributed by atoms with Gasteiger partial charge in [-0.1, -0.05) is 41.9 Å². The molecule has 1 fully saturated rings. The van der Waals surface area contributed by atoms with Crippen LogP contribution >= 0.6 is 11.6 Å². The van der Waals surface area contributed by atoms with Gasteiger partial charge in [0.15, 0.2) is 0 Å². The average molecular weight is 401 g/mol. The minimum atomic E-state index is -3.75. The quantitative estimate of drug-likeness (QED) is 0.787. The van der Waals surface area contributed by atoms with Crippen LogP contribution in [0.2, 0.25) is 5.02 Å². The number of nitrogens with zero attached hydrogens (tertiary/aromatic N) is 2. The summed E-state index contributed by atoms with van der Waals surface area (Å²) < 4.78 is 53.2. The third kappa shape index (κ3) is 3.58. The van der Waals surface area contributed by atoms with E-state index in [0.717, 1.165) is 0 Å². The second-order valence-electron chi connectivity index (χ2n) is 5.55. The van der Waals surface area contributed by atoms with Gasteiger partial charge in [-0.15, -0.1) is 0 Å². The molecule has 0 spiro atoms. The summed E-state index contributed by atoms with van der Waals surface area (Å²) in [6, 6.07) is 14.4. The molecule has 0 amide bonds. The Bertz CT molecular complexity index is 955. The molecule has 1 aliphatic rings. The lowest BCUT2D eigenvalue weighted by Gasteiger charge is -2.33. The minimum absolute atomic E-state index is 0.0380. The van der Waals surface area contributed by atoms with Crippen molar-refractivity contribution < 1.29 is 16.8 Å². The Morgan fingerprint density at radius 1 is 0.680 bits per heavy atom. The van der Waals surface area contributed by atoms with Crippen LogP contribution in [0.1, 0.15) is 0 Å². The fraction of sp³-hybridized carbons (Fsp3) is 0.250. The maximum atomic E-state index is 12.7. The lowest BCUT2D eigenvalue weighted by molar-refractivity contribution is 0.273. The van der Waals surface area contributed by atoms with Crippen LogP contribution in [0.15, 0.2) is 64.4 Å². The Morgan fingerprint density at radius 2 is 1.16 bits per heavy atom. The van der Waals surface area contributed by atoms with Crippen LogP contribution in [-0.4, -0.2) is 51.6 Å². The molecule has 0 unspecified atom stereocenters. The zero-order valence-electron chi connectivity index (χ0n) is 13.2. The molecule has 0 aromatic heterocycles. The van der Waals surface area contributed by atoms with Crippen LogP contribution in [0.25, 0.3) is 0 Å². The van der Waals surface area contributed by atoms with Gasteiger partial charge in [-0.3, -0.25) is 0 Å². The predicted molar refractivity (Wildman–Crippen MR) is 95.4 cm³/mol. The van der Waals surface area contributed by atoms with Crippen molar-refractivity contribution >= 4 is 31.6 Å². The second kappa shape index (κ2) is 7.05. The van der Waals surface area contributed by atoms with Crippen LogP contribution in [0.5, 0.6) is 0 Å². The molecule has 134 valence electrons. The van der Waals surface area contributed by atoms with Gasteiger partial charge in [-0.05, 0) is 24.3 Å². The van der Waals surface area contributed by atoms with Gasteiger partial charge in [0, 0.05) is 26.2 Å². The van der Waals surface area contributed by atoms with Crippen molar-refractivity contribution in [2.45, 2.75) is 9.79 Å². The smallest absolute Gasteiger partial charge is 0.207 e. The molecular weight excluding hydrogens is 384 g/mol. The number of hydrogen-bond acceptors (Lipinski definition) is 4. The van der Waals surface area contributed by atoms with Crippen LogP contribution in [0.4, 0.5) is 0 Å². The fourth-order valence-electron chi connectivity index (χ4n) is 2.69. The first-order chi connectivity index (χ1) is 11.8. The van der Waals surface area contributed by atoms with E-state index in [1.165, 1.54) is 32.9 Å². The number of sulfonamides is 2. The van der Waals surface area contributed by atoms with Gasteiger partial charge < -0.3 is 0 Å². The highest BCUT2D eigenvalue weighted by Gasteiger charge is 2.34. The first-order valence-corrected chi connectivity index (χ1v) is 10.9. The summed E-state index contributed by atoms with van der Waals surface area (Å²) in [6.45, 7) is 0.362. The summed E-state index contributed by atoms with van der Waals surface area (Å²) in [5.74, 6) is 0. The van der Waals surface area contributed by atoms with Gasteiger partial charge >= 0.3 is 0 Å². The van der Waals surface area contributed by atoms with Crippen molar-refractivity contribution in [3.05, 3.63) is 59.6 Å². The highest BCUT2D eigenvalue weighted by molar-refractivity contribution is 7.89. The molecule has 2 aromatic carbocycles. The molecule has 6 nitrogen and oxygen atoms in total. The molecule has 0 bridgehead atoms. The van der Waals surface area contributed by atoms with E-state index in [1.807, 2.05) is 0 Å². The zero-order valence-corrected chi connectivity index (χ0v) is 15.6. The van der Waals surface area contributed by atoms with Crippen molar-refractivity contribution in [2.24, 2.45) is 0 Å². The van der Waals surface area contributed by atoms with E-state index >= 15 is 0 Å². The average Bonchev–Trinajstić information content (AvgIpc) is 2.63. The van der Waals surface area contributed by atoms with Gasteiger partial charge in [0.25, 0.3) is 0 Å². The number of rotatable bonds is 4. The number of benzene rings is 2. The van der Waals surface area contributed by atoms with E-state index in [4.69, 9.17) is 11.6 Å². The van der Waals surface area contributed by atoms with Crippen LogP contribution in [0.3, 0.4) is 0 Å². The van der Waals surface area contributed by atoms with Crippen molar-refractivity contribution in [2.75, 3.05) is 26.2 Å². The summed E-state index contributed by atoms with van der Waals surface area (Å²) in [7, 11) is -7.36. The lowest BCUT2D eigenvalue weighted by atomic mass is 10.4. The highest BCUT2D eigenvalue weighted by atomic mass is 35.5. The van der Waals surface area contributed by atoms with Crippen molar-refractivity contribution in [3.63, 3.8) is 0 Å². The zero-order chi connectivity index (χ0) is 18.1. The van der Waals surface area contributed by atoms with Gasteiger partial charge in [-0.25, -0.2) is 16.8 Å². The maximum Gasteiger partial charge on any atom is 0.244 e. The Kier molecular flexibility index (Phi) is 5.17. The van der Waals surface area contributed by atoms with E-state index in [-0.39, 0.29) is 41.0 Å². The molecule has 1 aliphatic heterocycles. The first-order valence-electron chi connectivity index (χ1n) is 7.63. The van der Waals surface area contributed by atoms with E-state index in [0.29, 0.717) is 0 Å². The molecule has 1 saturated heterocycles. The largest absolute Gasteiger partial charge is 0.244 e. The summed E-state index contributed by atoms with van der Waals surface area (Å²) in [5, 5.41) is 0.154. The fourth-order valence-corrected chi connectivity index (χ4v) is 6.04. The number of piperazine rings is 1. The van der Waals surface area contributed by atoms with Gasteiger partial charge in [0.05, 0.1) is 9.92 Å². The molecule has 0 aliphatic carbocycles. The molecule has 0 saturated carbocycles. The van der Waals surface area contributed by atoms with E-state index < -0.39 is 20.0 Å². The molecule has 1 heterocycles. The van der Waals surface area contributed by atoms with Crippen LogP contribution in [-0.2, 0) is 20.0 Å². The van der Waals surface area contributed by atoms with Crippen LogP contribution in [0, 0.1) is 0 Å². The van der Waals surface area contributed by atoms with Gasteiger partial charge in [0.2, 0.25) is 20.0 Å². The second-order valence-corrected chi connectivity index (χ2v) is 9.80. The standard InChI is InChI=1S/C16H17ClN2O4S2/c17-15-8-4-5-9-16(15)25(22,23)19-12-10-18(11-13-19)24(20,21)14-6-2-1-3-7-14/h1-9H,10-13H2. The Labute approximate surface area is 152 Å². The van der Waals surface area contributed by atoms with Crippen LogP contribution < -0.4 is 0 Å². The minimum Gasteiger partial charge on any atom is -0.207 e. The molecule has 0 radical (unpaired) electrons. The Hall–Kier alpha value is -1.45. The highest BCUT2D eigenvalue weighted by Crippen LogP contribution is 2.26. The number of hydrogen-bond donors (Lipinski definition) is 0. The van der Waals surface area contributed by atoms with E-state index in [1.54, 1.807) is 30.3 Å². The molecule has 3 rings (SSSR count). The molecule has 0 atom stereocenters. The monoisotopic (exact) mass is 400 g/mol. The molecule has 0 N–H and O–H groups in total. The maximum absolute atomic E-state index is 12.7. The van der Waals surface area contributed by atoms with Gasteiger partial charge in [-0.2, -0.15) is 8.61 Å². The SMILES string of the molecule is O=S(=O)(c1ccccc1)N1CCN(S(=O)(=O)c2ccccc2Cl)CC1. The lowest BCUT2D eigenvalue weighted by Crippen LogP contribution is -2.50.